The number of nitrogens with zero attached hydrogens (tertiary/aromatic N) is 1. The number of alkyl halides is 2. The van der Waals surface area contributed by atoms with Gasteiger partial charge in [-0.15, -0.1) is 0 Å². The van der Waals surface area contributed by atoms with E-state index in [4.69, 9.17) is 14.2 Å². The molecule has 0 aliphatic rings. The van der Waals surface area contributed by atoms with Crippen LogP contribution in [0, 0.1) is 0 Å². The van der Waals surface area contributed by atoms with E-state index < -0.39 is 12.5 Å². The van der Waals surface area contributed by atoms with Gasteiger partial charge >= 0.3 is 6.61 Å². The molecule has 0 heterocycles. The number of rotatable bonds is 11. The second kappa shape index (κ2) is 11.6. The van der Waals surface area contributed by atoms with Crippen LogP contribution in [-0.4, -0.2) is 38.6 Å². The Labute approximate surface area is 173 Å². The third kappa shape index (κ3) is 6.61. The maximum absolute atomic E-state index is 12.5. The summed E-state index contributed by atoms with van der Waals surface area (Å²) in [6, 6.07) is 8.93. The van der Waals surface area contributed by atoms with Crippen LogP contribution in [0.4, 0.5) is 8.78 Å². The van der Waals surface area contributed by atoms with Gasteiger partial charge in [0, 0.05) is 5.56 Å². The van der Waals surface area contributed by atoms with Crippen LogP contribution in [-0.2, 0) is 0 Å². The number of hydrogen-bond donors (Lipinski definition) is 1. The molecule has 1 amide bonds. The van der Waals surface area contributed by atoms with Gasteiger partial charge < -0.3 is 18.9 Å². The fraction of sp³-hybridized carbons (Fsp3) is 0.333. The summed E-state index contributed by atoms with van der Waals surface area (Å²) >= 11 is 0. The van der Waals surface area contributed by atoms with Gasteiger partial charge in [0.1, 0.15) is 5.75 Å². The highest BCUT2D eigenvalue weighted by Gasteiger charge is 2.18. The van der Waals surface area contributed by atoms with Crippen molar-refractivity contribution in [1.29, 1.82) is 0 Å². The maximum Gasteiger partial charge on any atom is 0.387 e. The Bertz CT molecular complexity index is 830. The van der Waals surface area contributed by atoms with E-state index in [0.29, 0.717) is 42.6 Å². The molecular weight excluding hydrogens is 398 g/mol. The van der Waals surface area contributed by atoms with Gasteiger partial charge in [0.2, 0.25) is 5.75 Å². The number of benzene rings is 2. The molecule has 0 aliphatic carbocycles. The molecule has 2 rings (SSSR count). The molecule has 0 saturated heterocycles. The molecule has 162 valence electrons. The molecule has 0 unspecified atom stereocenters. The van der Waals surface area contributed by atoms with Gasteiger partial charge in [-0.25, -0.2) is 5.43 Å². The Hall–Kier alpha value is -3.36. The predicted octanol–water partition coefficient (Wildman–Crippen LogP) is 4.25. The van der Waals surface area contributed by atoms with Gasteiger partial charge in [-0.3, -0.25) is 4.79 Å². The zero-order valence-corrected chi connectivity index (χ0v) is 17.0. The molecule has 7 nitrogen and oxygen atoms in total. The van der Waals surface area contributed by atoms with Gasteiger partial charge in [-0.1, -0.05) is 0 Å². The molecule has 2 aromatic carbocycles. The minimum Gasteiger partial charge on any atom is -0.490 e. The number of hydrogen-bond acceptors (Lipinski definition) is 6. The van der Waals surface area contributed by atoms with Crippen molar-refractivity contribution in [3.05, 3.63) is 47.5 Å². The van der Waals surface area contributed by atoms with Gasteiger partial charge in [0.25, 0.3) is 5.91 Å². The molecule has 2 aromatic rings. The van der Waals surface area contributed by atoms with E-state index in [-0.39, 0.29) is 11.3 Å². The molecule has 0 radical (unpaired) electrons. The Morgan fingerprint density at radius 1 is 1.00 bits per heavy atom. The Morgan fingerprint density at radius 3 is 2.07 bits per heavy atom. The van der Waals surface area contributed by atoms with Crippen molar-refractivity contribution in [2.75, 3.05) is 19.8 Å². The van der Waals surface area contributed by atoms with E-state index >= 15 is 0 Å². The summed E-state index contributed by atoms with van der Waals surface area (Å²) in [5.41, 5.74) is 3.28. The van der Waals surface area contributed by atoms with Gasteiger partial charge in [0.15, 0.2) is 11.5 Å². The second-order valence-electron chi connectivity index (χ2n) is 5.75. The van der Waals surface area contributed by atoms with E-state index in [0.717, 1.165) is 0 Å². The van der Waals surface area contributed by atoms with E-state index in [1.807, 2.05) is 20.8 Å². The molecule has 0 fully saturated rings. The second-order valence-corrected chi connectivity index (χ2v) is 5.75. The fourth-order valence-electron chi connectivity index (χ4n) is 2.49. The van der Waals surface area contributed by atoms with Crippen molar-refractivity contribution in [1.82, 2.24) is 5.43 Å². The number of nitrogens with one attached hydrogen (secondary N) is 1. The summed E-state index contributed by atoms with van der Waals surface area (Å²) in [6.45, 7) is 3.79. The molecule has 0 bridgehead atoms. The molecule has 30 heavy (non-hydrogen) atoms. The molecule has 0 atom stereocenters. The highest BCUT2D eigenvalue weighted by Crippen LogP contribution is 2.39. The number of halogens is 2. The number of hydrazone groups is 1. The van der Waals surface area contributed by atoms with E-state index in [1.54, 1.807) is 12.1 Å². The number of ether oxygens (including phenoxy) is 4. The number of carbonyl (C=O) groups excluding carboxylic acids is 1. The van der Waals surface area contributed by atoms with Gasteiger partial charge in [-0.2, -0.15) is 13.9 Å². The molecule has 0 saturated carbocycles. The first-order valence-corrected chi connectivity index (χ1v) is 9.43. The lowest BCUT2D eigenvalue weighted by molar-refractivity contribution is -0.0498. The molecular formula is C21H24F2N2O5. The van der Waals surface area contributed by atoms with Crippen LogP contribution in [0.15, 0.2) is 41.5 Å². The van der Waals surface area contributed by atoms with Crippen molar-refractivity contribution in [3.8, 4) is 23.0 Å². The summed E-state index contributed by atoms with van der Waals surface area (Å²) in [6.07, 6.45) is 1.38. The zero-order valence-electron chi connectivity index (χ0n) is 17.0. The summed E-state index contributed by atoms with van der Waals surface area (Å²) in [5, 5.41) is 3.89. The summed E-state index contributed by atoms with van der Waals surface area (Å²) < 4.78 is 45.4. The highest BCUT2D eigenvalue weighted by molar-refractivity contribution is 5.96. The van der Waals surface area contributed by atoms with Crippen LogP contribution in [0.3, 0.4) is 0 Å². The van der Waals surface area contributed by atoms with Crippen molar-refractivity contribution < 1.29 is 32.5 Å². The smallest absolute Gasteiger partial charge is 0.387 e. The van der Waals surface area contributed by atoms with Crippen LogP contribution in [0.25, 0.3) is 0 Å². The third-order valence-electron chi connectivity index (χ3n) is 3.66. The Balaban J connectivity index is 2.14. The Morgan fingerprint density at radius 2 is 1.57 bits per heavy atom. The SMILES string of the molecule is CCOc1cc(C(=O)NN=Cc2ccc(OC(F)F)cc2)cc(OCC)c1OCC. The number of amides is 1. The maximum atomic E-state index is 12.5. The van der Waals surface area contributed by atoms with Gasteiger partial charge in [0.05, 0.1) is 26.0 Å². The van der Waals surface area contributed by atoms with E-state index in [9.17, 15) is 13.6 Å². The van der Waals surface area contributed by atoms with E-state index in [1.165, 1.54) is 30.5 Å². The van der Waals surface area contributed by atoms with Crippen LogP contribution in [0.5, 0.6) is 23.0 Å². The largest absolute Gasteiger partial charge is 0.490 e. The lowest BCUT2D eigenvalue weighted by atomic mass is 10.1. The average Bonchev–Trinajstić information content (AvgIpc) is 2.71. The molecule has 0 spiro atoms. The van der Waals surface area contributed by atoms with Gasteiger partial charge in [-0.05, 0) is 62.7 Å². The predicted molar refractivity (Wildman–Crippen MR) is 108 cm³/mol. The van der Waals surface area contributed by atoms with Crippen molar-refractivity contribution >= 4 is 12.1 Å². The van der Waals surface area contributed by atoms with Crippen LogP contribution >= 0.6 is 0 Å². The first kappa shape index (κ1) is 22.9. The third-order valence-corrected chi connectivity index (χ3v) is 3.66. The van der Waals surface area contributed by atoms with Crippen LogP contribution < -0.4 is 24.4 Å². The monoisotopic (exact) mass is 422 g/mol. The van der Waals surface area contributed by atoms with Crippen molar-refractivity contribution in [3.63, 3.8) is 0 Å². The summed E-state index contributed by atoms with van der Waals surface area (Å²) in [4.78, 5) is 12.5. The molecule has 9 heteroatoms. The first-order chi connectivity index (χ1) is 14.5. The summed E-state index contributed by atoms with van der Waals surface area (Å²) in [7, 11) is 0. The van der Waals surface area contributed by atoms with E-state index in [2.05, 4.69) is 15.3 Å². The lowest BCUT2D eigenvalue weighted by Gasteiger charge is -2.16. The molecule has 1 N–H and O–H groups in total. The first-order valence-electron chi connectivity index (χ1n) is 9.43. The Kier molecular flexibility index (Phi) is 8.86. The minimum atomic E-state index is -2.89. The van der Waals surface area contributed by atoms with Crippen LogP contribution in [0.1, 0.15) is 36.7 Å². The average molecular weight is 422 g/mol. The topological polar surface area (TPSA) is 78.4 Å². The quantitative estimate of drug-likeness (QED) is 0.433. The molecule has 0 aliphatic heterocycles. The minimum absolute atomic E-state index is 0.0347. The summed E-state index contributed by atoms with van der Waals surface area (Å²) in [5.74, 6) is 0.789. The van der Waals surface area contributed by atoms with Crippen LogP contribution in [0.2, 0.25) is 0 Å². The standard InChI is InChI=1S/C21H24F2N2O5/c1-4-27-17-11-15(12-18(28-5-2)19(17)29-6-3)20(26)25-24-13-14-7-9-16(10-8-14)30-21(22)23/h7-13,21H,4-6H2,1-3H3,(H,25,26). The normalized spacial score (nSPS) is 10.9. The highest BCUT2D eigenvalue weighted by atomic mass is 19.3. The van der Waals surface area contributed by atoms with Crippen molar-refractivity contribution in [2.24, 2.45) is 5.10 Å². The fourth-order valence-corrected chi connectivity index (χ4v) is 2.49. The lowest BCUT2D eigenvalue weighted by Crippen LogP contribution is -2.18. The number of carbonyl (C=O) groups is 1. The van der Waals surface area contributed by atoms with Crippen molar-refractivity contribution in [2.45, 2.75) is 27.4 Å². The zero-order chi connectivity index (χ0) is 21.9. The molecule has 0 aromatic heterocycles.